The Bertz CT molecular complexity index is 372. The molecule has 0 amide bonds. The molecule has 1 aromatic carbocycles. The number of ether oxygens (including phenoxy) is 1. The van der Waals surface area contributed by atoms with Gasteiger partial charge in [0.05, 0.1) is 12.7 Å². The van der Waals surface area contributed by atoms with E-state index in [0.717, 1.165) is 0 Å². The van der Waals surface area contributed by atoms with E-state index in [-0.39, 0.29) is 16.7 Å². The molecule has 0 aliphatic carbocycles. The molecule has 0 bridgehead atoms. The molecule has 0 heterocycles. The molecular formula is C8H9BClNO4. The summed E-state index contributed by atoms with van der Waals surface area (Å²) in [5.41, 5.74) is 0.692. The summed E-state index contributed by atoms with van der Waals surface area (Å²) in [6.07, 6.45) is 0. The zero-order valence-corrected chi connectivity index (χ0v) is 8.65. The second kappa shape index (κ2) is 5.02. The van der Waals surface area contributed by atoms with Gasteiger partial charge in [0.2, 0.25) is 0 Å². The molecular weight excluding hydrogens is 220 g/mol. The first-order valence-electron chi connectivity index (χ1n) is 4.05. The number of carbonyl (C=O) groups excluding carboxylic acids is 1. The Morgan fingerprint density at radius 2 is 2.20 bits per heavy atom. The van der Waals surface area contributed by atoms with Crippen molar-refractivity contribution in [3.05, 3.63) is 23.8 Å². The quantitative estimate of drug-likeness (QED) is 0.377. The lowest BCUT2D eigenvalue weighted by atomic mass is 9.78. The number of rotatable bonds is 3. The van der Waals surface area contributed by atoms with Gasteiger partial charge in [0.15, 0.2) is 0 Å². The van der Waals surface area contributed by atoms with Crippen LogP contribution in [0.25, 0.3) is 0 Å². The third-order valence-electron chi connectivity index (χ3n) is 1.85. The molecule has 15 heavy (non-hydrogen) atoms. The van der Waals surface area contributed by atoms with Crippen molar-refractivity contribution in [3.8, 4) is 0 Å². The molecule has 0 atom stereocenters. The van der Waals surface area contributed by atoms with Crippen LogP contribution in [0.2, 0.25) is 0 Å². The van der Waals surface area contributed by atoms with Crippen LogP contribution in [0, 0.1) is 0 Å². The van der Waals surface area contributed by atoms with Gasteiger partial charge in [-0.05, 0) is 12.1 Å². The van der Waals surface area contributed by atoms with Crippen LogP contribution in [0.4, 0.5) is 5.69 Å². The predicted octanol–water partition coefficient (Wildman–Crippen LogP) is -0.281. The lowest BCUT2D eigenvalue weighted by Gasteiger charge is -2.08. The fraction of sp³-hybridized carbons (Fsp3) is 0.125. The van der Waals surface area contributed by atoms with Crippen LogP contribution in [-0.4, -0.2) is 30.2 Å². The summed E-state index contributed by atoms with van der Waals surface area (Å²) in [7, 11) is -0.400. The predicted molar refractivity (Wildman–Crippen MR) is 57.1 cm³/mol. The molecule has 0 aromatic heterocycles. The minimum absolute atomic E-state index is 0.178. The first-order chi connectivity index (χ1) is 7.10. The number of hydrogen-bond donors (Lipinski definition) is 3. The summed E-state index contributed by atoms with van der Waals surface area (Å²) in [5.74, 6) is -0.526. The highest BCUT2D eigenvalue weighted by atomic mass is 35.5. The van der Waals surface area contributed by atoms with Crippen LogP contribution in [0.15, 0.2) is 18.2 Å². The fourth-order valence-corrected chi connectivity index (χ4v) is 1.27. The van der Waals surface area contributed by atoms with E-state index < -0.39 is 13.1 Å². The molecule has 80 valence electrons. The normalized spacial score (nSPS) is 9.60. The number of anilines is 1. The highest BCUT2D eigenvalue weighted by Gasteiger charge is 2.17. The standard InChI is InChI=1S/C8H9BClNO4/c1-15-8(12)5-2-3-6(9(13)14)7(4-5)11-10/h2-4,11,13-14H,1H3. The van der Waals surface area contributed by atoms with E-state index >= 15 is 0 Å². The van der Waals surface area contributed by atoms with Gasteiger partial charge in [-0.15, -0.1) is 0 Å². The molecule has 0 saturated carbocycles. The minimum Gasteiger partial charge on any atom is -0.465 e. The van der Waals surface area contributed by atoms with Gasteiger partial charge in [0.1, 0.15) is 0 Å². The molecule has 1 aromatic rings. The summed E-state index contributed by atoms with van der Waals surface area (Å²) in [6.45, 7) is 0. The summed E-state index contributed by atoms with van der Waals surface area (Å²) in [6, 6.07) is 4.16. The number of benzene rings is 1. The van der Waals surface area contributed by atoms with Gasteiger partial charge in [-0.2, -0.15) is 0 Å². The van der Waals surface area contributed by atoms with Crippen molar-refractivity contribution >= 4 is 36.0 Å². The number of methoxy groups -OCH3 is 1. The van der Waals surface area contributed by atoms with Crippen molar-refractivity contribution in [1.29, 1.82) is 0 Å². The lowest BCUT2D eigenvalue weighted by Crippen LogP contribution is -2.31. The SMILES string of the molecule is COC(=O)c1ccc(B(O)O)c(NCl)c1. The third-order valence-corrected chi connectivity index (χ3v) is 2.06. The second-order valence-electron chi connectivity index (χ2n) is 2.76. The molecule has 0 spiro atoms. The van der Waals surface area contributed by atoms with Gasteiger partial charge >= 0.3 is 13.1 Å². The number of nitrogens with one attached hydrogen (secondary N) is 1. The molecule has 0 saturated heterocycles. The van der Waals surface area contributed by atoms with Crippen molar-refractivity contribution < 1.29 is 19.6 Å². The largest absolute Gasteiger partial charge is 0.490 e. The maximum absolute atomic E-state index is 11.1. The van der Waals surface area contributed by atoms with Crippen LogP contribution >= 0.6 is 11.8 Å². The molecule has 0 unspecified atom stereocenters. The van der Waals surface area contributed by atoms with Crippen LogP contribution in [0.1, 0.15) is 10.4 Å². The van der Waals surface area contributed by atoms with E-state index in [1.165, 1.54) is 25.3 Å². The molecule has 5 nitrogen and oxygen atoms in total. The molecule has 0 radical (unpaired) electrons. The van der Waals surface area contributed by atoms with Crippen LogP contribution in [0.5, 0.6) is 0 Å². The van der Waals surface area contributed by atoms with Gasteiger partial charge < -0.3 is 14.8 Å². The van der Waals surface area contributed by atoms with Crippen LogP contribution in [0.3, 0.4) is 0 Å². The average Bonchev–Trinajstić information content (AvgIpc) is 2.26. The Labute approximate surface area is 91.9 Å². The summed E-state index contributed by atoms with van der Waals surface area (Å²) in [5, 5.41) is 17.9. The highest BCUT2D eigenvalue weighted by Crippen LogP contribution is 2.10. The first kappa shape index (κ1) is 11.8. The fourth-order valence-electron chi connectivity index (χ4n) is 1.11. The Morgan fingerprint density at radius 1 is 1.53 bits per heavy atom. The average molecular weight is 229 g/mol. The maximum atomic E-state index is 11.1. The van der Waals surface area contributed by atoms with E-state index in [4.69, 9.17) is 21.8 Å². The second-order valence-corrected chi connectivity index (χ2v) is 2.95. The zero-order valence-electron chi connectivity index (χ0n) is 7.90. The minimum atomic E-state index is -1.65. The number of esters is 1. The van der Waals surface area contributed by atoms with Crippen molar-refractivity contribution in [2.45, 2.75) is 0 Å². The highest BCUT2D eigenvalue weighted by molar-refractivity contribution is 6.61. The van der Waals surface area contributed by atoms with E-state index in [9.17, 15) is 4.79 Å². The summed E-state index contributed by atoms with van der Waals surface area (Å²) < 4.78 is 4.50. The van der Waals surface area contributed by atoms with Gasteiger partial charge in [0, 0.05) is 22.9 Å². The third kappa shape index (κ3) is 2.62. The molecule has 1 rings (SSSR count). The molecule has 0 fully saturated rings. The Balaban J connectivity index is 3.13. The van der Waals surface area contributed by atoms with Gasteiger partial charge in [-0.25, -0.2) is 4.79 Å². The van der Waals surface area contributed by atoms with E-state index in [1.807, 2.05) is 0 Å². The maximum Gasteiger partial charge on any atom is 0.490 e. The molecule has 0 aliphatic rings. The van der Waals surface area contributed by atoms with Gasteiger partial charge in [-0.1, -0.05) is 6.07 Å². The topological polar surface area (TPSA) is 78.8 Å². The summed E-state index contributed by atoms with van der Waals surface area (Å²) >= 11 is 5.37. The monoisotopic (exact) mass is 229 g/mol. The van der Waals surface area contributed by atoms with E-state index in [1.54, 1.807) is 0 Å². The van der Waals surface area contributed by atoms with Crippen molar-refractivity contribution in [2.75, 3.05) is 11.9 Å². The zero-order chi connectivity index (χ0) is 11.4. The molecule has 7 heteroatoms. The van der Waals surface area contributed by atoms with Gasteiger partial charge in [0.25, 0.3) is 0 Å². The van der Waals surface area contributed by atoms with Crippen molar-refractivity contribution in [3.63, 3.8) is 0 Å². The Kier molecular flexibility index (Phi) is 3.96. The number of hydrogen-bond acceptors (Lipinski definition) is 5. The number of halogens is 1. The van der Waals surface area contributed by atoms with E-state index in [0.29, 0.717) is 0 Å². The Morgan fingerprint density at radius 3 is 2.67 bits per heavy atom. The smallest absolute Gasteiger partial charge is 0.465 e. The van der Waals surface area contributed by atoms with Crippen LogP contribution < -0.4 is 10.3 Å². The van der Waals surface area contributed by atoms with E-state index in [2.05, 4.69) is 9.57 Å². The Hall–Kier alpha value is -1.24. The first-order valence-corrected chi connectivity index (χ1v) is 4.43. The lowest BCUT2D eigenvalue weighted by molar-refractivity contribution is 0.0601. The van der Waals surface area contributed by atoms with Gasteiger partial charge in [-0.3, -0.25) is 4.84 Å². The molecule has 3 N–H and O–H groups in total. The van der Waals surface area contributed by atoms with Crippen LogP contribution in [-0.2, 0) is 4.74 Å². The number of carbonyl (C=O) groups is 1. The van der Waals surface area contributed by atoms with Crippen molar-refractivity contribution in [1.82, 2.24) is 0 Å². The summed E-state index contributed by atoms with van der Waals surface area (Å²) in [4.78, 5) is 13.4. The molecule has 0 aliphatic heterocycles. The van der Waals surface area contributed by atoms with Crippen molar-refractivity contribution in [2.24, 2.45) is 0 Å².